The first-order chi connectivity index (χ1) is 15.5. The normalized spacial score (nSPS) is 12.5. The number of aromatic hydroxyl groups is 4. The summed E-state index contributed by atoms with van der Waals surface area (Å²) in [7, 11) is 0. The highest BCUT2D eigenvalue weighted by Gasteiger charge is 2.22. The van der Waals surface area contributed by atoms with E-state index in [1.807, 2.05) is 18.2 Å². The number of hydrogen-bond acceptors (Lipinski definition) is 8. The minimum Gasteiger partial charge on any atom is -0.508 e. The Morgan fingerprint density at radius 1 is 0.531 bits per heavy atom. The molecule has 0 aromatic heterocycles. The molecular weight excluding hydrogens is 448 g/mol. The molecule has 0 fully saturated rings. The molecule has 4 aromatic carbocycles. The Kier molecular flexibility index (Phi) is 5.16. The van der Waals surface area contributed by atoms with E-state index in [0.29, 0.717) is 28.7 Å². The van der Waals surface area contributed by atoms with Crippen molar-refractivity contribution in [2.75, 3.05) is 0 Å². The lowest BCUT2D eigenvalue weighted by Gasteiger charge is -2.20. The van der Waals surface area contributed by atoms with Crippen molar-refractivity contribution in [1.82, 2.24) is 0 Å². The third kappa shape index (κ3) is 3.86. The Morgan fingerprint density at radius 3 is 2.16 bits per heavy atom. The lowest BCUT2D eigenvalue weighted by molar-refractivity contribution is 0.335. The van der Waals surface area contributed by atoms with Gasteiger partial charge in [0.15, 0.2) is 23.0 Å². The van der Waals surface area contributed by atoms with E-state index < -0.39 is 0 Å². The summed E-state index contributed by atoms with van der Waals surface area (Å²) in [6, 6.07) is 20.2. The van der Waals surface area contributed by atoms with Gasteiger partial charge in [-0.05, 0) is 54.6 Å². The number of fused-ring (bicyclic) bond motifs is 4. The molecule has 0 bridgehead atoms. The molecule has 0 spiro atoms. The number of rotatable bonds is 0. The van der Waals surface area contributed by atoms with Crippen molar-refractivity contribution in [2.24, 2.45) is 0 Å². The van der Waals surface area contributed by atoms with Gasteiger partial charge in [-0.1, -0.05) is 35.7 Å². The lowest BCUT2D eigenvalue weighted by Crippen LogP contribution is -1.98. The fraction of sp³-hybridized carbons (Fsp3) is 0. The summed E-state index contributed by atoms with van der Waals surface area (Å²) in [6.07, 6.45) is 0. The van der Waals surface area contributed by atoms with Crippen LogP contribution in [0.4, 0.5) is 0 Å². The lowest BCUT2D eigenvalue weighted by atomic mass is 10.2. The van der Waals surface area contributed by atoms with Crippen LogP contribution in [0.3, 0.4) is 0 Å². The Bertz CT molecular complexity index is 1240. The van der Waals surface area contributed by atoms with Crippen molar-refractivity contribution in [1.29, 1.82) is 0 Å². The number of para-hydroxylation sites is 1. The molecular formula is C24H16O6S2. The molecule has 0 atom stereocenters. The Hall–Kier alpha value is -3.62. The topological polar surface area (TPSA) is 99.4 Å². The fourth-order valence-electron chi connectivity index (χ4n) is 3.15. The molecule has 0 aliphatic carbocycles. The van der Waals surface area contributed by atoms with E-state index in [9.17, 15) is 20.4 Å². The van der Waals surface area contributed by atoms with Crippen molar-refractivity contribution >= 4 is 23.5 Å². The van der Waals surface area contributed by atoms with Crippen LogP contribution >= 0.6 is 23.5 Å². The van der Waals surface area contributed by atoms with Gasteiger partial charge in [-0.25, -0.2) is 0 Å². The molecule has 2 heterocycles. The minimum absolute atomic E-state index is 0.0243. The second-order valence-electron chi connectivity index (χ2n) is 6.88. The van der Waals surface area contributed by atoms with Crippen molar-refractivity contribution < 1.29 is 29.9 Å². The largest absolute Gasteiger partial charge is 0.508 e. The van der Waals surface area contributed by atoms with Gasteiger partial charge in [-0.15, -0.1) is 0 Å². The summed E-state index contributed by atoms with van der Waals surface area (Å²) >= 11 is 3.11. The van der Waals surface area contributed by atoms with Gasteiger partial charge < -0.3 is 29.9 Å². The number of benzene rings is 4. The number of phenols is 4. The fourth-order valence-corrected chi connectivity index (χ4v) is 5.44. The van der Waals surface area contributed by atoms with E-state index in [0.717, 1.165) is 19.6 Å². The molecule has 2 aliphatic heterocycles. The molecule has 0 unspecified atom stereocenters. The third-order valence-electron chi connectivity index (χ3n) is 4.63. The van der Waals surface area contributed by atoms with Crippen LogP contribution < -0.4 is 9.47 Å². The molecule has 2 aliphatic rings. The highest BCUT2D eigenvalue weighted by Crippen LogP contribution is 2.52. The van der Waals surface area contributed by atoms with Crippen LogP contribution in [0.2, 0.25) is 0 Å². The molecule has 0 amide bonds. The SMILES string of the molecule is Oc1ccc2c(c1)Oc1cccc(O)c1O2.Oc1ccc2c(c1)Sc1cccc(O)c1S2. The Morgan fingerprint density at radius 2 is 1.28 bits per heavy atom. The van der Waals surface area contributed by atoms with Gasteiger partial charge in [-0.3, -0.25) is 0 Å². The number of ether oxygens (including phenoxy) is 2. The molecule has 32 heavy (non-hydrogen) atoms. The van der Waals surface area contributed by atoms with Crippen LogP contribution in [0.15, 0.2) is 92.4 Å². The van der Waals surface area contributed by atoms with E-state index in [-0.39, 0.29) is 17.2 Å². The molecule has 4 N–H and O–H groups in total. The second kappa shape index (κ2) is 8.14. The first kappa shape index (κ1) is 20.3. The van der Waals surface area contributed by atoms with Crippen LogP contribution in [-0.4, -0.2) is 20.4 Å². The molecule has 4 aromatic rings. The summed E-state index contributed by atoms with van der Waals surface area (Å²) < 4.78 is 11.0. The number of phenolic OH excluding ortho intramolecular Hbond substituents is 4. The average Bonchev–Trinajstić information content (AvgIpc) is 2.78. The summed E-state index contributed by atoms with van der Waals surface area (Å²) in [5.41, 5.74) is 0. The van der Waals surface area contributed by atoms with Crippen LogP contribution in [-0.2, 0) is 0 Å². The van der Waals surface area contributed by atoms with Gasteiger partial charge in [0.1, 0.15) is 17.2 Å². The van der Waals surface area contributed by atoms with Crippen LogP contribution in [0.5, 0.6) is 46.0 Å². The summed E-state index contributed by atoms with van der Waals surface area (Å²) in [5.74, 6) is 2.33. The van der Waals surface area contributed by atoms with Crippen LogP contribution in [0.1, 0.15) is 0 Å². The molecule has 160 valence electrons. The smallest absolute Gasteiger partial charge is 0.211 e. The Labute approximate surface area is 191 Å². The van der Waals surface area contributed by atoms with Gasteiger partial charge in [-0.2, -0.15) is 0 Å². The Balaban J connectivity index is 0.000000135. The van der Waals surface area contributed by atoms with Gasteiger partial charge in [0.05, 0.1) is 4.90 Å². The van der Waals surface area contributed by atoms with Gasteiger partial charge in [0.2, 0.25) is 5.75 Å². The van der Waals surface area contributed by atoms with Crippen LogP contribution in [0, 0.1) is 0 Å². The zero-order valence-electron chi connectivity index (χ0n) is 16.4. The summed E-state index contributed by atoms with van der Waals surface area (Å²) in [5, 5.41) is 38.1. The van der Waals surface area contributed by atoms with Crippen molar-refractivity contribution in [3.8, 4) is 46.0 Å². The maximum Gasteiger partial charge on any atom is 0.211 e. The van der Waals surface area contributed by atoms with E-state index in [1.165, 1.54) is 30.0 Å². The zero-order valence-corrected chi connectivity index (χ0v) is 18.0. The zero-order chi connectivity index (χ0) is 22.2. The summed E-state index contributed by atoms with van der Waals surface area (Å²) in [4.78, 5) is 4.02. The standard InChI is InChI=1S/C12H8O4.C12H8O2S2/c2*13-7-4-5-9-11(6-7)15-10-3-1-2-8(14)12(10)16-9/h2*1-6,13-14H. The summed E-state index contributed by atoms with van der Waals surface area (Å²) in [6.45, 7) is 0. The maximum atomic E-state index is 9.75. The second-order valence-corrected chi connectivity index (χ2v) is 9.02. The van der Waals surface area contributed by atoms with E-state index in [1.54, 1.807) is 48.2 Å². The van der Waals surface area contributed by atoms with Gasteiger partial charge in [0, 0.05) is 20.8 Å². The first-order valence-corrected chi connectivity index (χ1v) is 11.1. The molecule has 0 radical (unpaired) electrons. The molecule has 6 rings (SSSR count). The quantitative estimate of drug-likeness (QED) is 0.197. The third-order valence-corrected chi connectivity index (χ3v) is 7.22. The van der Waals surface area contributed by atoms with Gasteiger partial charge in [0.25, 0.3) is 0 Å². The highest BCUT2D eigenvalue weighted by atomic mass is 32.2. The van der Waals surface area contributed by atoms with Crippen molar-refractivity contribution in [3.05, 3.63) is 72.8 Å². The van der Waals surface area contributed by atoms with Crippen LogP contribution in [0.25, 0.3) is 0 Å². The maximum absolute atomic E-state index is 9.75. The molecule has 0 saturated heterocycles. The molecule has 8 heteroatoms. The monoisotopic (exact) mass is 464 g/mol. The van der Waals surface area contributed by atoms with Gasteiger partial charge >= 0.3 is 0 Å². The highest BCUT2D eigenvalue weighted by molar-refractivity contribution is 8.05. The number of hydrogen-bond donors (Lipinski definition) is 4. The predicted octanol–water partition coefficient (Wildman–Crippen LogP) is 6.71. The minimum atomic E-state index is 0.0243. The predicted molar refractivity (Wildman–Crippen MR) is 121 cm³/mol. The van der Waals surface area contributed by atoms with E-state index in [2.05, 4.69) is 0 Å². The van der Waals surface area contributed by atoms with E-state index in [4.69, 9.17) is 9.47 Å². The van der Waals surface area contributed by atoms with E-state index >= 15 is 0 Å². The van der Waals surface area contributed by atoms with Crippen molar-refractivity contribution in [2.45, 2.75) is 19.6 Å². The molecule has 0 saturated carbocycles. The average molecular weight is 465 g/mol. The molecule has 6 nitrogen and oxygen atoms in total. The first-order valence-electron chi connectivity index (χ1n) is 9.49. The van der Waals surface area contributed by atoms with Crippen molar-refractivity contribution in [3.63, 3.8) is 0 Å².